The van der Waals surface area contributed by atoms with Crippen molar-refractivity contribution in [3.8, 4) is 0 Å². The lowest BCUT2D eigenvalue weighted by atomic mass is 9.41. The Labute approximate surface area is 150 Å². The van der Waals surface area contributed by atoms with E-state index in [0.717, 1.165) is 0 Å². The summed E-state index contributed by atoms with van der Waals surface area (Å²) in [5.41, 5.74) is 3.68. The minimum Gasteiger partial charge on any atom is -0.563 e. The molecule has 0 bridgehead atoms. The predicted octanol–water partition coefficient (Wildman–Crippen LogP) is 3.33. The molecule has 0 amide bonds. The van der Waals surface area contributed by atoms with Gasteiger partial charge in [-0.2, -0.15) is 10.9 Å². The monoisotopic (exact) mass is 328 g/mol. The third-order valence-corrected chi connectivity index (χ3v) is 5.63. The molecule has 0 aromatic heterocycles. The number of benzene rings is 3. The van der Waals surface area contributed by atoms with Gasteiger partial charge in [0.15, 0.2) is 0 Å². The van der Waals surface area contributed by atoms with E-state index in [-0.39, 0.29) is 12.1 Å². The summed E-state index contributed by atoms with van der Waals surface area (Å²) in [6, 6.07) is 32.1. The van der Waals surface area contributed by atoms with E-state index in [1.807, 2.05) is 0 Å². The Balaban J connectivity index is 1.87. The molecule has 1 fully saturated rings. The van der Waals surface area contributed by atoms with E-state index in [4.69, 9.17) is 4.65 Å². The maximum atomic E-state index is 6.92. The van der Waals surface area contributed by atoms with Crippen LogP contribution in [0.5, 0.6) is 0 Å². The summed E-state index contributed by atoms with van der Waals surface area (Å²) in [5, 5.41) is 0. The SMILES string of the molecule is C[C@@H]1[C@@H](c2ccccc2)O[B-](c2ccccc2)(c2ccccc2)N1C. The third kappa shape index (κ3) is 2.60. The summed E-state index contributed by atoms with van der Waals surface area (Å²) >= 11 is 0. The van der Waals surface area contributed by atoms with Crippen LogP contribution < -0.4 is 10.9 Å². The molecule has 1 aliphatic heterocycles. The predicted molar refractivity (Wildman–Crippen MR) is 105 cm³/mol. The van der Waals surface area contributed by atoms with E-state index >= 15 is 0 Å². The van der Waals surface area contributed by atoms with Gasteiger partial charge in [-0.05, 0) is 18.7 Å². The Morgan fingerprint density at radius 3 is 1.64 bits per heavy atom. The molecule has 3 heteroatoms. The molecule has 4 rings (SSSR count). The van der Waals surface area contributed by atoms with Gasteiger partial charge in [-0.3, -0.25) is 0 Å². The molecule has 0 unspecified atom stereocenters. The first-order valence-electron chi connectivity index (χ1n) is 8.94. The number of nitrogens with zero attached hydrogens (tertiary/aromatic N) is 1. The molecule has 1 aliphatic rings. The number of likely N-dealkylation sites (N-methyl/N-ethyl adjacent to an activating group) is 1. The minimum atomic E-state index is -1.43. The van der Waals surface area contributed by atoms with Gasteiger partial charge >= 0.3 is 0 Å². The van der Waals surface area contributed by atoms with Crippen LogP contribution in [-0.4, -0.2) is 24.4 Å². The molecule has 2 atom stereocenters. The molecule has 0 radical (unpaired) electrons. The highest BCUT2D eigenvalue weighted by Gasteiger charge is 2.45. The lowest BCUT2D eigenvalue weighted by molar-refractivity contribution is 0.208. The second kappa shape index (κ2) is 6.51. The zero-order valence-electron chi connectivity index (χ0n) is 14.7. The molecule has 0 N–H and O–H groups in total. The van der Waals surface area contributed by atoms with Gasteiger partial charge in [0.05, 0.1) is 6.10 Å². The molecular weight excluding hydrogens is 305 g/mol. The molecule has 3 aromatic rings. The molecule has 126 valence electrons. The van der Waals surface area contributed by atoms with E-state index in [9.17, 15) is 0 Å². The van der Waals surface area contributed by atoms with Crippen LogP contribution in [0.25, 0.3) is 0 Å². The summed E-state index contributed by atoms with van der Waals surface area (Å²) in [7, 11) is 2.19. The highest BCUT2D eigenvalue weighted by Crippen LogP contribution is 2.37. The van der Waals surface area contributed by atoms with Gasteiger partial charge < -0.3 is 9.47 Å². The summed E-state index contributed by atoms with van der Waals surface area (Å²) in [6.07, 6.45) is 0.0478. The van der Waals surface area contributed by atoms with Crippen molar-refractivity contribution in [3.63, 3.8) is 0 Å². The molecule has 3 aromatic carbocycles. The van der Waals surface area contributed by atoms with E-state index in [1.165, 1.54) is 16.5 Å². The molecule has 1 heterocycles. The smallest absolute Gasteiger partial charge is 0.242 e. The zero-order chi connectivity index (χ0) is 17.3. The molecule has 1 saturated heterocycles. The topological polar surface area (TPSA) is 12.5 Å². The van der Waals surface area contributed by atoms with E-state index in [2.05, 4.69) is 110 Å². The largest absolute Gasteiger partial charge is 0.563 e. The molecule has 0 spiro atoms. The number of hydrogen-bond donors (Lipinski definition) is 0. The molecule has 0 saturated carbocycles. The summed E-state index contributed by atoms with van der Waals surface area (Å²) < 4.78 is 6.92. The van der Waals surface area contributed by atoms with Crippen molar-refractivity contribution >= 4 is 17.4 Å². The standard InChI is InChI=1S/C22H23BNO/c1-18-22(19-12-6-3-7-13-19)25-23(24(18)2,20-14-8-4-9-15-20)21-16-10-5-11-17-21/h3-18,22H,1-2H3/q-1/t18-,22+/m1/s1. The van der Waals surface area contributed by atoms with E-state index in [1.54, 1.807) is 0 Å². The quantitative estimate of drug-likeness (QED) is 0.684. The van der Waals surface area contributed by atoms with Crippen LogP contribution in [0.2, 0.25) is 0 Å². The van der Waals surface area contributed by atoms with Crippen molar-refractivity contribution in [3.05, 3.63) is 96.6 Å². The average molecular weight is 328 g/mol. The van der Waals surface area contributed by atoms with Crippen molar-refractivity contribution in [2.75, 3.05) is 7.05 Å². The van der Waals surface area contributed by atoms with Crippen molar-refractivity contribution < 1.29 is 4.65 Å². The summed E-state index contributed by atoms with van der Waals surface area (Å²) in [5.74, 6) is 0. The number of rotatable bonds is 3. The highest BCUT2D eigenvalue weighted by molar-refractivity contribution is 6.95. The fraction of sp³-hybridized carbons (Fsp3) is 0.182. The molecular formula is C22H23BNO-. The van der Waals surface area contributed by atoms with Crippen molar-refractivity contribution in [2.45, 2.75) is 19.1 Å². The normalized spacial score (nSPS) is 22.8. The minimum absolute atomic E-state index is 0.0478. The van der Waals surface area contributed by atoms with Crippen molar-refractivity contribution in [1.82, 2.24) is 4.81 Å². The second-order valence-corrected chi connectivity index (χ2v) is 6.94. The third-order valence-electron chi connectivity index (χ3n) is 5.63. The van der Waals surface area contributed by atoms with Crippen LogP contribution in [0, 0.1) is 0 Å². The first-order chi connectivity index (χ1) is 12.2. The van der Waals surface area contributed by atoms with Crippen LogP contribution in [-0.2, 0) is 4.65 Å². The van der Waals surface area contributed by atoms with Gasteiger partial charge in [0.2, 0.25) is 6.48 Å². The molecule has 25 heavy (non-hydrogen) atoms. The summed E-state index contributed by atoms with van der Waals surface area (Å²) in [4.78, 5) is 2.42. The average Bonchev–Trinajstić information content (AvgIpc) is 2.96. The molecule has 2 nitrogen and oxygen atoms in total. The first kappa shape index (κ1) is 16.1. The van der Waals surface area contributed by atoms with Gasteiger partial charge in [-0.1, -0.05) is 97.9 Å². The Bertz CT molecular complexity index is 783. The van der Waals surface area contributed by atoms with E-state index < -0.39 is 6.48 Å². The lowest BCUT2D eigenvalue weighted by Crippen LogP contribution is -2.68. The van der Waals surface area contributed by atoms with Crippen LogP contribution in [0.3, 0.4) is 0 Å². The van der Waals surface area contributed by atoms with Crippen LogP contribution >= 0.6 is 0 Å². The van der Waals surface area contributed by atoms with Gasteiger partial charge in [0.25, 0.3) is 0 Å². The van der Waals surface area contributed by atoms with Crippen LogP contribution in [0.4, 0.5) is 0 Å². The van der Waals surface area contributed by atoms with Gasteiger partial charge in [-0.15, -0.1) is 0 Å². The van der Waals surface area contributed by atoms with Gasteiger partial charge in [0.1, 0.15) is 0 Å². The number of hydrogen-bond acceptors (Lipinski definition) is 2. The Morgan fingerprint density at radius 1 is 0.720 bits per heavy atom. The van der Waals surface area contributed by atoms with Crippen LogP contribution in [0.15, 0.2) is 91.0 Å². The van der Waals surface area contributed by atoms with E-state index in [0.29, 0.717) is 0 Å². The fourth-order valence-electron chi connectivity index (χ4n) is 4.21. The first-order valence-corrected chi connectivity index (χ1v) is 8.94. The highest BCUT2D eigenvalue weighted by atomic mass is 16.5. The Hall–Kier alpha value is -2.36. The zero-order valence-corrected chi connectivity index (χ0v) is 14.7. The lowest BCUT2D eigenvalue weighted by Gasteiger charge is -2.45. The van der Waals surface area contributed by atoms with Crippen molar-refractivity contribution in [1.29, 1.82) is 0 Å². The van der Waals surface area contributed by atoms with Gasteiger partial charge in [-0.25, -0.2) is 0 Å². The Morgan fingerprint density at radius 2 is 1.16 bits per heavy atom. The molecule has 0 aliphatic carbocycles. The van der Waals surface area contributed by atoms with Gasteiger partial charge in [0, 0.05) is 0 Å². The fourth-order valence-corrected chi connectivity index (χ4v) is 4.21. The van der Waals surface area contributed by atoms with Crippen LogP contribution in [0.1, 0.15) is 18.6 Å². The second-order valence-electron chi connectivity index (χ2n) is 6.94. The maximum Gasteiger partial charge on any atom is 0.242 e. The Kier molecular flexibility index (Phi) is 4.20. The summed E-state index contributed by atoms with van der Waals surface area (Å²) in [6.45, 7) is 0.829. The maximum absolute atomic E-state index is 6.92. The van der Waals surface area contributed by atoms with Crippen molar-refractivity contribution in [2.24, 2.45) is 0 Å².